The summed E-state index contributed by atoms with van der Waals surface area (Å²) in [7, 11) is 0. The molecule has 0 aromatic heterocycles. The van der Waals surface area contributed by atoms with Crippen molar-refractivity contribution in [3.8, 4) is 0 Å². The van der Waals surface area contributed by atoms with Crippen molar-refractivity contribution in [3.05, 3.63) is 0 Å². The number of rotatable bonds is 13. The molecule has 0 aromatic carbocycles. The fourth-order valence-corrected chi connectivity index (χ4v) is 2.36. The van der Waals surface area contributed by atoms with Gasteiger partial charge in [-0.2, -0.15) is 65.9 Å². The van der Waals surface area contributed by atoms with Crippen molar-refractivity contribution in [1.82, 2.24) is 0 Å². The van der Waals surface area contributed by atoms with Crippen LogP contribution in [-0.4, -0.2) is 54.3 Å². The highest BCUT2D eigenvalue weighted by atomic mass is 19.4. The van der Waals surface area contributed by atoms with E-state index in [4.69, 9.17) is 0 Å². The van der Waals surface area contributed by atoms with Crippen LogP contribution in [-0.2, 0) is 9.53 Å². The Labute approximate surface area is 182 Å². The van der Waals surface area contributed by atoms with Gasteiger partial charge in [-0.3, -0.25) is 0 Å². The number of hydrogen-bond donors (Lipinski definition) is 0. The van der Waals surface area contributed by atoms with E-state index in [0.717, 1.165) is 6.42 Å². The number of alkyl halides is 15. The molecule has 0 aliphatic heterocycles. The van der Waals surface area contributed by atoms with Gasteiger partial charge in [-0.25, -0.2) is 4.79 Å². The summed E-state index contributed by atoms with van der Waals surface area (Å²) in [6.07, 6.45) is -6.07. The van der Waals surface area contributed by atoms with Gasteiger partial charge in [-0.15, -0.1) is 0 Å². The Kier molecular flexibility index (Phi) is 9.72. The number of halogens is 15. The van der Waals surface area contributed by atoms with E-state index in [2.05, 4.69) is 4.74 Å². The molecule has 0 radical (unpaired) electrons. The lowest BCUT2D eigenvalue weighted by Gasteiger charge is -2.40. The molecule has 0 aliphatic rings. The minimum absolute atomic E-state index is 0.148. The van der Waals surface area contributed by atoms with Crippen LogP contribution in [0.15, 0.2) is 0 Å². The van der Waals surface area contributed by atoms with Gasteiger partial charge in [0, 0.05) is 0 Å². The summed E-state index contributed by atoms with van der Waals surface area (Å²) in [6.45, 7) is 2.60. The second-order valence-electron chi connectivity index (χ2n) is 7.68. The van der Waals surface area contributed by atoms with Gasteiger partial charge in [-0.1, -0.05) is 39.5 Å². The second kappa shape index (κ2) is 10.2. The van der Waals surface area contributed by atoms with Crippen LogP contribution in [0.4, 0.5) is 65.9 Å². The highest BCUT2D eigenvalue weighted by Gasteiger charge is 2.94. The molecule has 0 bridgehead atoms. The Hall–Kier alpha value is -1.58. The number of hydrogen-bond acceptors (Lipinski definition) is 2. The summed E-state index contributed by atoms with van der Waals surface area (Å²) in [4.78, 5) is 11.1. The van der Waals surface area contributed by atoms with E-state index in [1.807, 2.05) is 13.8 Å². The Morgan fingerprint density at radius 2 is 0.971 bits per heavy atom. The molecule has 0 amide bonds. The third kappa shape index (κ3) is 5.62. The van der Waals surface area contributed by atoms with Crippen molar-refractivity contribution in [2.24, 2.45) is 5.92 Å². The molecule has 34 heavy (non-hydrogen) atoms. The Balaban J connectivity index is 5.69. The van der Waals surface area contributed by atoms with E-state index >= 15 is 0 Å². The fourth-order valence-electron chi connectivity index (χ4n) is 2.36. The van der Waals surface area contributed by atoms with Crippen LogP contribution in [0.1, 0.15) is 46.0 Å². The lowest BCUT2D eigenvalue weighted by molar-refractivity contribution is -0.450. The summed E-state index contributed by atoms with van der Waals surface area (Å²) in [5, 5.41) is 0. The standard InChI is InChI=1S/C17H19F15O2/c1-9(2)7-5-3-4-6-8-34-10(33)11(18,19)12(20,21)13(22,23)14(24,25)15(26,27)16(28,29)17(30,31)32/h9H,3-8H2,1-2H3. The van der Waals surface area contributed by atoms with E-state index in [9.17, 15) is 70.7 Å². The third-order valence-electron chi connectivity index (χ3n) is 4.49. The zero-order valence-electron chi connectivity index (χ0n) is 17.3. The zero-order chi connectivity index (χ0) is 27.6. The summed E-state index contributed by atoms with van der Waals surface area (Å²) >= 11 is 0. The molecular weight excluding hydrogens is 521 g/mol. The van der Waals surface area contributed by atoms with Crippen LogP contribution in [0.3, 0.4) is 0 Å². The first kappa shape index (κ1) is 32.4. The maximum atomic E-state index is 13.6. The summed E-state index contributed by atoms with van der Waals surface area (Å²) < 4.78 is 199. The lowest BCUT2D eigenvalue weighted by Crippen LogP contribution is -2.73. The number of esters is 1. The van der Waals surface area contributed by atoms with E-state index < -0.39 is 54.3 Å². The van der Waals surface area contributed by atoms with E-state index in [1.54, 1.807) is 0 Å². The second-order valence-corrected chi connectivity index (χ2v) is 7.68. The SMILES string of the molecule is CC(C)CCCCCCOC(=O)C(F)(F)C(F)(F)C(F)(F)C(F)(F)C(F)(F)C(F)(F)C(F)(F)F. The predicted molar refractivity (Wildman–Crippen MR) is 84.6 cm³/mol. The molecule has 0 unspecified atom stereocenters. The number of carbonyl (C=O) groups excluding carboxylic acids is 1. The van der Waals surface area contributed by atoms with Gasteiger partial charge in [0.15, 0.2) is 0 Å². The number of carbonyl (C=O) groups is 1. The van der Waals surface area contributed by atoms with Crippen LogP contribution < -0.4 is 0 Å². The molecule has 0 heterocycles. The van der Waals surface area contributed by atoms with Crippen LogP contribution in [0, 0.1) is 5.92 Å². The van der Waals surface area contributed by atoms with Gasteiger partial charge in [0.2, 0.25) is 0 Å². The van der Waals surface area contributed by atoms with E-state index in [-0.39, 0.29) is 12.8 Å². The first-order chi connectivity index (χ1) is 14.8. The Morgan fingerprint density at radius 1 is 0.588 bits per heavy atom. The van der Waals surface area contributed by atoms with Gasteiger partial charge in [0.1, 0.15) is 0 Å². The minimum atomic E-state index is -8.43. The van der Waals surface area contributed by atoms with Gasteiger partial charge < -0.3 is 4.74 Å². The highest BCUT2D eigenvalue weighted by molar-refractivity contribution is 5.79. The predicted octanol–water partition coefficient (Wildman–Crippen LogP) is 7.51. The Bertz CT molecular complexity index is 683. The number of unbranched alkanes of at least 4 members (excludes halogenated alkanes) is 3. The summed E-state index contributed by atoms with van der Waals surface area (Å²) in [5.41, 5.74) is 0. The normalized spacial score (nSPS) is 15.1. The van der Waals surface area contributed by atoms with Crippen molar-refractivity contribution in [1.29, 1.82) is 0 Å². The fraction of sp³-hybridized carbons (Fsp3) is 0.941. The maximum Gasteiger partial charge on any atom is 0.460 e. The maximum absolute atomic E-state index is 13.6. The summed E-state index contributed by atoms with van der Waals surface area (Å²) in [5.74, 6) is -51.4. The van der Waals surface area contributed by atoms with Crippen molar-refractivity contribution in [2.75, 3.05) is 6.61 Å². The third-order valence-corrected chi connectivity index (χ3v) is 4.49. The molecule has 2 nitrogen and oxygen atoms in total. The van der Waals surface area contributed by atoms with Crippen LogP contribution >= 0.6 is 0 Å². The molecule has 0 atom stereocenters. The molecule has 0 aromatic rings. The van der Waals surface area contributed by atoms with Crippen molar-refractivity contribution in [3.63, 3.8) is 0 Å². The molecule has 0 fully saturated rings. The molecule has 0 saturated heterocycles. The first-order valence-electron chi connectivity index (χ1n) is 9.34. The van der Waals surface area contributed by atoms with Crippen molar-refractivity contribution >= 4 is 5.97 Å². The smallest absolute Gasteiger partial charge is 0.460 e. The highest BCUT2D eigenvalue weighted by Crippen LogP contribution is 2.62. The molecule has 0 rings (SSSR count). The topological polar surface area (TPSA) is 26.3 Å². The molecular formula is C17H19F15O2. The van der Waals surface area contributed by atoms with Crippen LogP contribution in [0.2, 0.25) is 0 Å². The molecule has 0 aliphatic carbocycles. The van der Waals surface area contributed by atoms with E-state index in [1.165, 1.54) is 0 Å². The van der Waals surface area contributed by atoms with Crippen molar-refractivity contribution in [2.45, 2.75) is 87.7 Å². The Morgan fingerprint density at radius 3 is 1.38 bits per heavy atom. The first-order valence-corrected chi connectivity index (χ1v) is 9.34. The molecule has 0 N–H and O–H groups in total. The van der Waals surface area contributed by atoms with Crippen LogP contribution in [0.25, 0.3) is 0 Å². The van der Waals surface area contributed by atoms with Crippen molar-refractivity contribution < 1.29 is 75.4 Å². The lowest BCUT2D eigenvalue weighted by atomic mass is 9.91. The van der Waals surface area contributed by atoms with Gasteiger partial charge in [0.05, 0.1) is 6.61 Å². The number of ether oxygens (including phenoxy) is 1. The average Bonchev–Trinajstić information content (AvgIpc) is 2.64. The average molecular weight is 540 g/mol. The quantitative estimate of drug-likeness (QED) is 0.137. The largest absolute Gasteiger partial charge is 0.461 e. The minimum Gasteiger partial charge on any atom is -0.461 e. The van der Waals surface area contributed by atoms with Crippen LogP contribution in [0.5, 0.6) is 0 Å². The zero-order valence-corrected chi connectivity index (χ0v) is 17.3. The molecule has 0 saturated carbocycles. The monoisotopic (exact) mass is 540 g/mol. The van der Waals surface area contributed by atoms with E-state index in [0.29, 0.717) is 18.8 Å². The molecule has 17 heteroatoms. The van der Waals surface area contributed by atoms with Gasteiger partial charge >= 0.3 is 47.7 Å². The van der Waals surface area contributed by atoms with Gasteiger partial charge in [0.25, 0.3) is 0 Å². The molecule has 204 valence electrons. The molecule has 0 spiro atoms. The summed E-state index contributed by atoms with van der Waals surface area (Å²) in [6, 6.07) is 0. The van der Waals surface area contributed by atoms with Gasteiger partial charge in [-0.05, 0) is 12.3 Å².